The number of hydrogen-bond donors (Lipinski definition) is 1. The molecular formula is C28H36BrN7O2. The van der Waals surface area contributed by atoms with Crippen LogP contribution in [0.1, 0.15) is 55.3 Å². The molecular weight excluding hydrogens is 546 g/mol. The van der Waals surface area contributed by atoms with E-state index in [9.17, 15) is 9.59 Å². The van der Waals surface area contributed by atoms with Gasteiger partial charge < -0.3 is 20.0 Å². The van der Waals surface area contributed by atoms with Gasteiger partial charge in [0.2, 0.25) is 11.9 Å². The summed E-state index contributed by atoms with van der Waals surface area (Å²) >= 11 is 3.52. The van der Waals surface area contributed by atoms with Crippen LogP contribution in [0.3, 0.4) is 0 Å². The number of nitrogens with zero attached hydrogens (tertiary/aromatic N) is 6. The lowest BCUT2D eigenvalue weighted by Gasteiger charge is -2.35. The average molecular weight is 583 g/mol. The van der Waals surface area contributed by atoms with Gasteiger partial charge in [0.25, 0.3) is 5.91 Å². The standard InChI is InChI=1S/C28H36BrN7O2/c1-34-16-12-21(13-17-34)35(2)26(37)19-8-10-20(11-9-19)31-28-30-18-23(29)25(33-28)32-24-7-5-6-22(24)27(38)36-14-3-4-15-36/h8-11,18,21-22H,3-7,12-17H2,1-2H3,(H,30,31,33)/t22-/m0/s1. The molecule has 38 heavy (non-hydrogen) atoms. The van der Waals surface area contributed by atoms with Gasteiger partial charge in [0.15, 0.2) is 5.82 Å². The van der Waals surface area contributed by atoms with E-state index in [0.29, 0.717) is 21.8 Å². The van der Waals surface area contributed by atoms with Gasteiger partial charge in [-0.25, -0.2) is 9.98 Å². The van der Waals surface area contributed by atoms with E-state index >= 15 is 0 Å². The van der Waals surface area contributed by atoms with Crippen LogP contribution in [0.4, 0.5) is 17.5 Å². The molecule has 2 aromatic rings. The lowest BCUT2D eigenvalue weighted by molar-refractivity contribution is -0.132. The molecule has 1 aliphatic carbocycles. The zero-order chi connectivity index (χ0) is 26.6. The fourth-order valence-corrected chi connectivity index (χ4v) is 5.88. The zero-order valence-corrected chi connectivity index (χ0v) is 23.8. The molecule has 2 aliphatic heterocycles. The van der Waals surface area contributed by atoms with Crippen molar-refractivity contribution in [1.29, 1.82) is 0 Å². The molecule has 0 spiro atoms. The Morgan fingerprint density at radius 2 is 1.76 bits per heavy atom. The van der Waals surface area contributed by atoms with Gasteiger partial charge in [0.1, 0.15) is 0 Å². The maximum atomic E-state index is 13.0. The second kappa shape index (κ2) is 11.9. The summed E-state index contributed by atoms with van der Waals surface area (Å²) in [6, 6.07) is 7.69. The predicted octanol–water partition coefficient (Wildman–Crippen LogP) is 4.64. The van der Waals surface area contributed by atoms with Gasteiger partial charge in [-0.2, -0.15) is 4.98 Å². The minimum Gasteiger partial charge on any atom is -0.342 e. The van der Waals surface area contributed by atoms with Crippen LogP contribution in [-0.4, -0.2) is 88.5 Å². The predicted molar refractivity (Wildman–Crippen MR) is 152 cm³/mol. The highest BCUT2D eigenvalue weighted by Crippen LogP contribution is 2.31. The lowest BCUT2D eigenvalue weighted by Crippen LogP contribution is -2.44. The molecule has 3 heterocycles. The summed E-state index contributed by atoms with van der Waals surface area (Å²) in [5.41, 5.74) is 2.35. The average Bonchev–Trinajstić information content (AvgIpc) is 3.63. The molecule has 0 unspecified atom stereocenters. The van der Waals surface area contributed by atoms with Crippen LogP contribution in [0.5, 0.6) is 0 Å². The van der Waals surface area contributed by atoms with Crippen LogP contribution in [-0.2, 0) is 4.79 Å². The lowest BCUT2D eigenvalue weighted by atomic mass is 10.0. The first-order valence-corrected chi connectivity index (χ1v) is 14.4. The monoisotopic (exact) mass is 581 g/mol. The number of aliphatic imine (C=N–C) groups is 1. The van der Waals surface area contributed by atoms with Crippen molar-refractivity contribution >= 4 is 50.9 Å². The summed E-state index contributed by atoms with van der Waals surface area (Å²) in [7, 11) is 4.02. The van der Waals surface area contributed by atoms with Crippen molar-refractivity contribution in [3.05, 3.63) is 40.5 Å². The number of likely N-dealkylation sites (tertiary alicyclic amines) is 2. The molecule has 2 amide bonds. The SMILES string of the molecule is CN1CCC(N(C)C(=O)c2ccc(Nc3ncc(Br)c(N=C4CCC[C@@H]4C(=O)N4CCCC4)n3)cc2)CC1. The highest BCUT2D eigenvalue weighted by Gasteiger charge is 2.34. The molecule has 0 bridgehead atoms. The van der Waals surface area contributed by atoms with Crippen molar-refractivity contribution in [3.63, 3.8) is 0 Å². The molecule has 2 saturated heterocycles. The molecule has 3 aliphatic rings. The Bertz CT molecular complexity index is 1190. The number of benzene rings is 1. The molecule has 5 rings (SSSR count). The molecule has 1 saturated carbocycles. The van der Waals surface area contributed by atoms with E-state index < -0.39 is 0 Å². The number of aromatic nitrogens is 2. The van der Waals surface area contributed by atoms with Crippen molar-refractivity contribution in [2.45, 2.75) is 51.0 Å². The smallest absolute Gasteiger partial charge is 0.253 e. The van der Waals surface area contributed by atoms with Gasteiger partial charge in [-0.15, -0.1) is 0 Å². The van der Waals surface area contributed by atoms with E-state index in [1.54, 1.807) is 6.20 Å². The number of rotatable bonds is 6. The number of nitrogens with one attached hydrogen (secondary N) is 1. The highest BCUT2D eigenvalue weighted by molar-refractivity contribution is 9.10. The van der Waals surface area contributed by atoms with E-state index in [1.807, 2.05) is 41.1 Å². The van der Waals surface area contributed by atoms with Gasteiger partial charge in [0, 0.05) is 49.3 Å². The third-order valence-electron chi connectivity index (χ3n) is 7.96. The van der Waals surface area contributed by atoms with Gasteiger partial charge in [-0.05, 0) is 105 Å². The van der Waals surface area contributed by atoms with E-state index in [4.69, 9.17) is 4.99 Å². The molecule has 1 aromatic heterocycles. The van der Waals surface area contributed by atoms with Crippen molar-refractivity contribution in [3.8, 4) is 0 Å². The number of piperidine rings is 1. The topological polar surface area (TPSA) is 94.0 Å². The Balaban J connectivity index is 1.25. The van der Waals surface area contributed by atoms with E-state index in [1.165, 1.54) is 0 Å². The quantitative estimate of drug-likeness (QED) is 0.534. The minimum atomic E-state index is -0.149. The normalized spacial score (nSPS) is 21.7. The second-order valence-electron chi connectivity index (χ2n) is 10.6. The molecule has 10 heteroatoms. The Kier molecular flexibility index (Phi) is 8.38. The van der Waals surface area contributed by atoms with Crippen molar-refractivity contribution < 1.29 is 9.59 Å². The number of hydrogen-bond acceptors (Lipinski definition) is 7. The van der Waals surface area contributed by atoms with Crippen LogP contribution in [0.2, 0.25) is 0 Å². The Hall–Kier alpha value is -2.85. The molecule has 1 aromatic carbocycles. The van der Waals surface area contributed by atoms with Crippen LogP contribution < -0.4 is 5.32 Å². The van der Waals surface area contributed by atoms with Crippen LogP contribution in [0.15, 0.2) is 39.9 Å². The van der Waals surface area contributed by atoms with E-state index in [0.717, 1.165) is 82.5 Å². The van der Waals surface area contributed by atoms with E-state index in [-0.39, 0.29) is 23.8 Å². The summed E-state index contributed by atoms with van der Waals surface area (Å²) in [6.45, 7) is 3.74. The fraction of sp³-hybridized carbons (Fsp3) is 0.536. The Labute approximate surface area is 232 Å². The number of amides is 2. The maximum Gasteiger partial charge on any atom is 0.253 e. The molecule has 0 radical (unpaired) electrons. The van der Waals surface area contributed by atoms with Gasteiger partial charge in [-0.1, -0.05) is 0 Å². The summed E-state index contributed by atoms with van der Waals surface area (Å²) in [6.07, 6.45) is 8.47. The number of carbonyl (C=O) groups is 2. The van der Waals surface area contributed by atoms with Crippen LogP contribution in [0, 0.1) is 5.92 Å². The molecule has 1 atom stereocenters. The number of halogens is 1. The zero-order valence-electron chi connectivity index (χ0n) is 22.2. The first kappa shape index (κ1) is 26.7. The summed E-state index contributed by atoms with van der Waals surface area (Å²) in [4.78, 5) is 46.0. The van der Waals surface area contributed by atoms with Crippen molar-refractivity contribution in [1.82, 2.24) is 24.7 Å². The highest BCUT2D eigenvalue weighted by atomic mass is 79.9. The van der Waals surface area contributed by atoms with Gasteiger partial charge in [0.05, 0.1) is 10.4 Å². The molecule has 3 fully saturated rings. The van der Waals surface area contributed by atoms with Gasteiger partial charge >= 0.3 is 0 Å². The first-order chi connectivity index (χ1) is 18.4. The summed E-state index contributed by atoms with van der Waals surface area (Å²) in [5.74, 6) is 1.03. The summed E-state index contributed by atoms with van der Waals surface area (Å²) < 4.78 is 0.688. The maximum absolute atomic E-state index is 13.0. The first-order valence-electron chi connectivity index (χ1n) is 13.6. The van der Waals surface area contributed by atoms with Crippen molar-refractivity contribution in [2.75, 3.05) is 45.6 Å². The number of anilines is 2. The Morgan fingerprint density at radius 3 is 2.47 bits per heavy atom. The van der Waals surface area contributed by atoms with Crippen molar-refractivity contribution in [2.24, 2.45) is 10.9 Å². The van der Waals surface area contributed by atoms with E-state index in [2.05, 4.69) is 43.2 Å². The minimum absolute atomic E-state index is 0.0405. The second-order valence-corrected chi connectivity index (χ2v) is 11.5. The Morgan fingerprint density at radius 1 is 1.05 bits per heavy atom. The third-order valence-corrected chi connectivity index (χ3v) is 8.52. The number of carbonyl (C=O) groups excluding carboxylic acids is 2. The van der Waals surface area contributed by atoms with Crippen LogP contribution in [0.25, 0.3) is 0 Å². The molecule has 9 nitrogen and oxygen atoms in total. The van der Waals surface area contributed by atoms with Gasteiger partial charge in [-0.3, -0.25) is 9.59 Å². The largest absolute Gasteiger partial charge is 0.342 e. The summed E-state index contributed by atoms with van der Waals surface area (Å²) in [5, 5.41) is 3.22. The fourth-order valence-electron chi connectivity index (χ4n) is 5.60. The van der Waals surface area contributed by atoms with Crippen LogP contribution >= 0.6 is 15.9 Å². The third kappa shape index (κ3) is 6.07. The molecule has 202 valence electrons. The molecule has 1 N–H and O–H groups in total.